The van der Waals surface area contributed by atoms with Crippen LogP contribution in [0, 0.1) is 13.8 Å². The van der Waals surface area contributed by atoms with Crippen molar-refractivity contribution in [2.45, 2.75) is 71.0 Å². The lowest BCUT2D eigenvalue weighted by Crippen LogP contribution is -2.46. The first kappa shape index (κ1) is 16.4. The fraction of sp³-hybridized carbons (Fsp3) is 0.632. The molecule has 2 fully saturated rings. The second kappa shape index (κ2) is 6.65. The number of piperidine rings is 1. The van der Waals surface area contributed by atoms with Crippen LogP contribution in [0.15, 0.2) is 18.5 Å². The highest BCUT2D eigenvalue weighted by Crippen LogP contribution is 2.31. The number of amides is 1. The Balaban J connectivity index is 1.50. The Labute approximate surface area is 148 Å². The monoisotopic (exact) mass is 341 g/mol. The third-order valence-corrected chi connectivity index (χ3v) is 5.67. The number of hydrogen-bond donors (Lipinski definition) is 0. The summed E-state index contributed by atoms with van der Waals surface area (Å²) in [6, 6.07) is 2.80. The first-order chi connectivity index (χ1) is 12.1. The van der Waals surface area contributed by atoms with Crippen molar-refractivity contribution in [2.75, 3.05) is 6.54 Å². The summed E-state index contributed by atoms with van der Waals surface area (Å²) in [6.45, 7) is 5.71. The van der Waals surface area contributed by atoms with Crippen LogP contribution in [0.3, 0.4) is 0 Å². The van der Waals surface area contributed by atoms with Crippen LogP contribution >= 0.6 is 0 Å². The molecule has 6 nitrogen and oxygen atoms in total. The topological polar surface area (TPSA) is 56.0 Å². The van der Waals surface area contributed by atoms with Gasteiger partial charge in [-0.3, -0.25) is 14.2 Å². The SMILES string of the molecule is Cc1cc(C)n(CC2CCCCN2C(=O)c2cnn(C3CCC3)c2)n1. The summed E-state index contributed by atoms with van der Waals surface area (Å²) in [5.41, 5.74) is 2.92. The molecule has 0 aromatic carbocycles. The van der Waals surface area contributed by atoms with E-state index in [0.717, 1.165) is 42.9 Å². The van der Waals surface area contributed by atoms with Crippen molar-refractivity contribution in [3.05, 3.63) is 35.4 Å². The van der Waals surface area contributed by atoms with Gasteiger partial charge in [0.25, 0.3) is 5.91 Å². The Morgan fingerprint density at radius 1 is 1.20 bits per heavy atom. The van der Waals surface area contributed by atoms with Crippen LogP contribution in [-0.2, 0) is 6.54 Å². The molecule has 1 atom stereocenters. The zero-order valence-electron chi connectivity index (χ0n) is 15.2. The lowest BCUT2D eigenvalue weighted by atomic mass is 9.93. The summed E-state index contributed by atoms with van der Waals surface area (Å²) >= 11 is 0. The van der Waals surface area contributed by atoms with Crippen LogP contribution < -0.4 is 0 Å². The van der Waals surface area contributed by atoms with Gasteiger partial charge in [-0.1, -0.05) is 0 Å². The van der Waals surface area contributed by atoms with Gasteiger partial charge in [-0.25, -0.2) is 0 Å². The molecule has 2 aliphatic rings. The van der Waals surface area contributed by atoms with Gasteiger partial charge in [-0.05, 0) is 58.4 Å². The largest absolute Gasteiger partial charge is 0.334 e. The number of carbonyl (C=O) groups excluding carboxylic acids is 1. The van der Waals surface area contributed by atoms with Crippen LogP contribution in [0.2, 0.25) is 0 Å². The van der Waals surface area contributed by atoms with Gasteiger partial charge >= 0.3 is 0 Å². The fourth-order valence-electron chi connectivity index (χ4n) is 3.98. The number of rotatable bonds is 4. The van der Waals surface area contributed by atoms with E-state index in [4.69, 9.17) is 0 Å². The van der Waals surface area contributed by atoms with Gasteiger partial charge in [0.1, 0.15) is 0 Å². The molecule has 4 rings (SSSR count). The third kappa shape index (κ3) is 3.22. The second-order valence-electron chi connectivity index (χ2n) is 7.55. The molecule has 1 unspecified atom stereocenters. The van der Waals surface area contributed by atoms with Gasteiger partial charge in [0, 0.05) is 18.4 Å². The molecule has 0 bridgehead atoms. The van der Waals surface area contributed by atoms with Gasteiger partial charge in [0.05, 0.1) is 36.1 Å². The quantitative estimate of drug-likeness (QED) is 0.858. The molecular weight excluding hydrogens is 314 g/mol. The molecule has 1 aliphatic heterocycles. The standard InChI is InChI=1S/C19H27N5O/c1-14-10-15(2)23(21-14)13-18-6-3-4-9-22(18)19(25)16-11-20-24(12-16)17-7-5-8-17/h10-12,17-18H,3-9,13H2,1-2H3. The predicted octanol–water partition coefficient (Wildman–Crippen LogP) is 3.12. The number of aryl methyl sites for hydroxylation is 2. The maximum absolute atomic E-state index is 13.1. The van der Waals surface area contributed by atoms with Crippen LogP contribution in [0.5, 0.6) is 0 Å². The van der Waals surface area contributed by atoms with Crippen LogP contribution in [0.1, 0.15) is 66.3 Å². The van der Waals surface area contributed by atoms with Crippen molar-refractivity contribution in [3.8, 4) is 0 Å². The molecule has 0 radical (unpaired) electrons. The summed E-state index contributed by atoms with van der Waals surface area (Å²) in [5, 5.41) is 9.01. The molecule has 3 heterocycles. The molecule has 25 heavy (non-hydrogen) atoms. The highest BCUT2D eigenvalue weighted by molar-refractivity contribution is 5.94. The Bertz CT molecular complexity index is 758. The molecule has 2 aromatic rings. The van der Waals surface area contributed by atoms with Gasteiger partial charge in [0.15, 0.2) is 0 Å². The van der Waals surface area contributed by atoms with E-state index in [2.05, 4.69) is 23.2 Å². The molecule has 1 amide bonds. The number of aromatic nitrogens is 4. The van der Waals surface area contributed by atoms with E-state index in [9.17, 15) is 4.79 Å². The highest BCUT2D eigenvalue weighted by atomic mass is 16.2. The minimum absolute atomic E-state index is 0.122. The van der Waals surface area contributed by atoms with Crippen molar-refractivity contribution >= 4 is 5.91 Å². The van der Waals surface area contributed by atoms with E-state index in [0.29, 0.717) is 6.04 Å². The summed E-state index contributed by atoms with van der Waals surface area (Å²) in [4.78, 5) is 15.1. The predicted molar refractivity (Wildman–Crippen MR) is 95.5 cm³/mol. The molecule has 2 aromatic heterocycles. The molecule has 1 aliphatic carbocycles. The minimum atomic E-state index is 0.122. The zero-order valence-corrected chi connectivity index (χ0v) is 15.2. The molecule has 0 N–H and O–H groups in total. The smallest absolute Gasteiger partial charge is 0.257 e. The maximum atomic E-state index is 13.1. The summed E-state index contributed by atoms with van der Waals surface area (Å²) < 4.78 is 4.03. The number of hydrogen-bond acceptors (Lipinski definition) is 3. The van der Waals surface area contributed by atoms with E-state index in [1.807, 2.05) is 27.4 Å². The van der Waals surface area contributed by atoms with Gasteiger partial charge in [-0.2, -0.15) is 10.2 Å². The second-order valence-corrected chi connectivity index (χ2v) is 7.55. The summed E-state index contributed by atoms with van der Waals surface area (Å²) in [5.74, 6) is 0.122. The van der Waals surface area contributed by atoms with Crippen molar-refractivity contribution in [3.63, 3.8) is 0 Å². The first-order valence-electron chi connectivity index (χ1n) is 9.48. The molecule has 1 saturated carbocycles. The van der Waals surface area contributed by atoms with E-state index >= 15 is 0 Å². The Morgan fingerprint density at radius 2 is 2.04 bits per heavy atom. The van der Waals surface area contributed by atoms with Crippen molar-refractivity contribution < 1.29 is 4.79 Å². The van der Waals surface area contributed by atoms with Crippen LogP contribution in [-0.4, -0.2) is 43.0 Å². The molecular formula is C19H27N5O. The highest BCUT2D eigenvalue weighted by Gasteiger charge is 2.30. The summed E-state index contributed by atoms with van der Waals surface area (Å²) in [6.07, 6.45) is 10.6. The third-order valence-electron chi connectivity index (χ3n) is 5.67. The molecule has 6 heteroatoms. The van der Waals surface area contributed by atoms with E-state index in [1.165, 1.54) is 25.7 Å². The van der Waals surface area contributed by atoms with E-state index < -0.39 is 0 Å². The molecule has 134 valence electrons. The average molecular weight is 341 g/mol. The van der Waals surface area contributed by atoms with E-state index in [1.54, 1.807) is 6.20 Å². The van der Waals surface area contributed by atoms with Crippen molar-refractivity contribution in [1.82, 2.24) is 24.5 Å². The van der Waals surface area contributed by atoms with Crippen LogP contribution in [0.25, 0.3) is 0 Å². The maximum Gasteiger partial charge on any atom is 0.257 e. The number of nitrogens with zero attached hydrogens (tertiary/aromatic N) is 5. The van der Waals surface area contributed by atoms with Crippen LogP contribution in [0.4, 0.5) is 0 Å². The fourth-order valence-corrected chi connectivity index (χ4v) is 3.98. The Hall–Kier alpha value is -2.11. The lowest BCUT2D eigenvalue weighted by molar-refractivity contribution is 0.0582. The Morgan fingerprint density at radius 3 is 2.72 bits per heavy atom. The van der Waals surface area contributed by atoms with Gasteiger partial charge in [-0.15, -0.1) is 0 Å². The molecule has 0 spiro atoms. The number of carbonyl (C=O) groups is 1. The van der Waals surface area contributed by atoms with Gasteiger partial charge < -0.3 is 4.90 Å². The molecule has 1 saturated heterocycles. The van der Waals surface area contributed by atoms with Crippen molar-refractivity contribution in [1.29, 1.82) is 0 Å². The van der Waals surface area contributed by atoms with Gasteiger partial charge in [0.2, 0.25) is 0 Å². The van der Waals surface area contributed by atoms with Crippen molar-refractivity contribution in [2.24, 2.45) is 0 Å². The Kier molecular flexibility index (Phi) is 4.36. The van der Waals surface area contributed by atoms with E-state index in [-0.39, 0.29) is 11.9 Å². The average Bonchev–Trinajstić information content (AvgIpc) is 3.13. The zero-order chi connectivity index (χ0) is 17.4. The number of likely N-dealkylation sites (tertiary alicyclic amines) is 1. The summed E-state index contributed by atoms with van der Waals surface area (Å²) in [7, 11) is 0. The normalized spacial score (nSPS) is 21.4. The first-order valence-corrected chi connectivity index (χ1v) is 9.48. The lowest BCUT2D eigenvalue weighted by Gasteiger charge is -2.35. The minimum Gasteiger partial charge on any atom is -0.334 e.